The first-order valence-corrected chi connectivity index (χ1v) is 11.9. The van der Waals surface area contributed by atoms with Crippen LogP contribution in [0.1, 0.15) is 38.7 Å². The average molecular weight is 465 g/mol. The summed E-state index contributed by atoms with van der Waals surface area (Å²) in [5.41, 5.74) is 0.00172. The molecule has 0 saturated heterocycles. The number of sulfone groups is 1. The summed E-state index contributed by atoms with van der Waals surface area (Å²) < 4.78 is 30.2. The fourth-order valence-electron chi connectivity index (χ4n) is 2.84. The van der Waals surface area contributed by atoms with Gasteiger partial charge in [-0.05, 0) is 44.7 Å². The van der Waals surface area contributed by atoms with Crippen LogP contribution >= 0.6 is 0 Å². The highest BCUT2D eigenvalue weighted by Crippen LogP contribution is 2.18. The van der Waals surface area contributed by atoms with Crippen LogP contribution in [0.15, 0.2) is 53.5 Å². The molecule has 1 rings (SSSR count). The van der Waals surface area contributed by atoms with Crippen molar-refractivity contribution in [2.45, 2.75) is 44.9 Å². The Morgan fingerprint density at radius 3 is 2.47 bits per heavy atom. The number of nitrogens with zero attached hydrogens (tertiary/aromatic N) is 3. The molecule has 0 aromatic heterocycles. The minimum atomic E-state index is -3.81. The van der Waals surface area contributed by atoms with Gasteiger partial charge >= 0.3 is 17.5 Å². The van der Waals surface area contributed by atoms with E-state index < -0.39 is 45.6 Å². The van der Waals surface area contributed by atoms with Crippen LogP contribution in [-0.2, 0) is 24.2 Å². The standard InChI is InChI=1S/C22H29N3O6S/c1-5-7-8-17(4)15-19(26)25(21(27)20(24-23)22(28)31-6-2)13-14-32(29,30)18-11-9-16(3)10-12-18/h5,9-12,17H,1,6-8,13-15H2,2-4H3/p+1. The minimum absolute atomic E-state index is 0.0214. The van der Waals surface area contributed by atoms with E-state index in [2.05, 4.69) is 11.6 Å². The molecule has 32 heavy (non-hydrogen) atoms. The van der Waals surface area contributed by atoms with Crippen LogP contribution in [0.2, 0.25) is 0 Å². The molecule has 0 heterocycles. The van der Waals surface area contributed by atoms with Crippen molar-refractivity contribution >= 4 is 21.7 Å². The molecular weight excluding hydrogens is 434 g/mol. The number of rotatable bonds is 12. The average Bonchev–Trinajstić information content (AvgIpc) is 2.73. The number of hydrogen-bond donors (Lipinski definition) is 1. The van der Waals surface area contributed by atoms with E-state index in [-0.39, 0.29) is 23.8 Å². The molecule has 2 amide bonds. The van der Waals surface area contributed by atoms with Gasteiger partial charge in [-0.2, -0.15) is 0 Å². The molecule has 1 unspecified atom stereocenters. The maximum Gasteiger partial charge on any atom is 0.528 e. The molecule has 0 bridgehead atoms. The van der Waals surface area contributed by atoms with Gasteiger partial charge in [0.25, 0.3) is 0 Å². The van der Waals surface area contributed by atoms with E-state index in [1.54, 1.807) is 18.2 Å². The van der Waals surface area contributed by atoms with Gasteiger partial charge in [-0.15, -0.1) is 6.58 Å². The molecule has 174 valence electrons. The number of benzene rings is 1. The summed E-state index contributed by atoms with van der Waals surface area (Å²) >= 11 is 0. The Morgan fingerprint density at radius 2 is 1.94 bits per heavy atom. The van der Waals surface area contributed by atoms with Crippen molar-refractivity contribution in [2.24, 2.45) is 5.92 Å². The van der Waals surface area contributed by atoms with Crippen molar-refractivity contribution in [3.63, 3.8) is 0 Å². The highest BCUT2D eigenvalue weighted by atomic mass is 32.2. The second kappa shape index (κ2) is 12.6. The van der Waals surface area contributed by atoms with Gasteiger partial charge in [0.1, 0.15) is 0 Å². The third-order valence-corrected chi connectivity index (χ3v) is 6.39. The molecule has 1 atom stereocenters. The van der Waals surface area contributed by atoms with Crippen molar-refractivity contribution < 1.29 is 27.9 Å². The molecule has 1 aromatic carbocycles. The van der Waals surface area contributed by atoms with Gasteiger partial charge in [-0.3, -0.25) is 14.5 Å². The quantitative estimate of drug-likeness (QED) is 0.216. The summed E-state index contributed by atoms with van der Waals surface area (Å²) in [6, 6.07) is 6.19. The van der Waals surface area contributed by atoms with E-state index >= 15 is 0 Å². The maximum atomic E-state index is 12.9. The predicted molar refractivity (Wildman–Crippen MR) is 120 cm³/mol. The highest BCUT2D eigenvalue weighted by Gasteiger charge is 2.39. The fraction of sp³-hybridized carbons (Fsp3) is 0.455. The zero-order valence-electron chi connectivity index (χ0n) is 18.7. The first-order chi connectivity index (χ1) is 15.1. The Balaban J connectivity index is 3.18. The third-order valence-electron chi connectivity index (χ3n) is 4.68. The molecule has 0 fully saturated rings. The molecule has 0 aliphatic carbocycles. The molecule has 0 spiro atoms. The Morgan fingerprint density at radius 1 is 1.31 bits per heavy atom. The van der Waals surface area contributed by atoms with Gasteiger partial charge in [0.05, 0.1) is 17.3 Å². The number of carbonyl (C=O) groups is 2. The van der Waals surface area contributed by atoms with Crippen LogP contribution in [-0.4, -0.2) is 49.1 Å². The van der Waals surface area contributed by atoms with Crippen LogP contribution in [0.5, 0.6) is 0 Å². The number of imide groups is 1. The number of aliphatic hydroxyl groups is 1. The van der Waals surface area contributed by atoms with Crippen molar-refractivity contribution in [1.82, 2.24) is 4.90 Å². The van der Waals surface area contributed by atoms with Crippen LogP contribution in [0.3, 0.4) is 0 Å². The largest absolute Gasteiger partial charge is 0.528 e. The van der Waals surface area contributed by atoms with Gasteiger partial charge in [-0.1, -0.05) is 30.7 Å². The van der Waals surface area contributed by atoms with E-state index in [9.17, 15) is 28.5 Å². The normalized spacial score (nSPS) is 12.8. The Labute approximate surface area is 188 Å². The molecule has 0 saturated carbocycles. The third kappa shape index (κ3) is 7.81. The zero-order chi connectivity index (χ0) is 24.3. The van der Waals surface area contributed by atoms with Gasteiger partial charge in [0, 0.05) is 13.0 Å². The van der Waals surface area contributed by atoms with Gasteiger partial charge in [0.15, 0.2) is 14.8 Å². The van der Waals surface area contributed by atoms with Crippen molar-refractivity contribution in [3.05, 3.63) is 59.1 Å². The van der Waals surface area contributed by atoms with E-state index in [4.69, 9.17) is 4.74 Å². The number of hydrogen-bond acceptors (Lipinski definition) is 7. The summed E-state index contributed by atoms with van der Waals surface area (Å²) in [5.74, 6) is -3.42. The first-order valence-electron chi connectivity index (χ1n) is 10.2. The summed E-state index contributed by atoms with van der Waals surface area (Å²) in [7, 11) is -3.81. The highest BCUT2D eigenvalue weighted by molar-refractivity contribution is 7.91. The first kappa shape index (κ1) is 26.8. The summed E-state index contributed by atoms with van der Waals surface area (Å²) in [6.07, 6.45) is 2.99. The zero-order valence-corrected chi connectivity index (χ0v) is 19.5. The molecule has 9 nitrogen and oxygen atoms in total. The summed E-state index contributed by atoms with van der Waals surface area (Å²) in [4.78, 5) is 29.2. The Hall–Kier alpha value is -3.19. The molecule has 10 heteroatoms. The number of diazo groups is 1. The molecule has 1 N–H and O–H groups in total. The number of allylic oxidation sites excluding steroid dienone is 1. The molecule has 1 aromatic rings. The fourth-order valence-corrected chi connectivity index (χ4v) is 4.05. The Bertz CT molecular complexity index is 993. The van der Waals surface area contributed by atoms with Gasteiger partial charge in [0.2, 0.25) is 11.3 Å². The Kier molecular flexibility index (Phi) is 10.6. The second-order valence-electron chi connectivity index (χ2n) is 7.34. The maximum absolute atomic E-state index is 12.9. The lowest BCUT2D eigenvalue weighted by molar-refractivity contribution is -0.142. The van der Waals surface area contributed by atoms with E-state index in [1.165, 1.54) is 19.1 Å². The van der Waals surface area contributed by atoms with Crippen LogP contribution in [0.4, 0.5) is 0 Å². The number of carbonyl (C=O) groups excluding carboxylic acids is 2. The minimum Gasteiger partial charge on any atom is -0.475 e. The number of aliphatic hydroxyl groups excluding tert-OH is 1. The number of ether oxygens (including phenoxy) is 1. The van der Waals surface area contributed by atoms with Gasteiger partial charge < -0.3 is 9.84 Å². The number of amides is 2. The van der Waals surface area contributed by atoms with Crippen molar-refractivity contribution in [1.29, 1.82) is 5.39 Å². The van der Waals surface area contributed by atoms with Crippen LogP contribution < -0.4 is 0 Å². The molecule has 0 radical (unpaired) electrons. The lowest BCUT2D eigenvalue weighted by atomic mass is 10.0. The van der Waals surface area contributed by atoms with E-state index in [0.29, 0.717) is 17.7 Å². The molecular formula is C22H30N3O6S+. The van der Waals surface area contributed by atoms with Crippen LogP contribution in [0.25, 0.3) is 4.98 Å². The summed E-state index contributed by atoms with van der Waals surface area (Å²) in [5, 5.41) is 19.0. The monoisotopic (exact) mass is 464 g/mol. The SMILES string of the molecule is C=CCCC(C)CC(=O)N(CCS(=O)(=O)c1ccc(C)cc1)C(=O)/C([N+]#N)=C(\O)OCC. The number of aryl methyl sites for hydroxylation is 1. The van der Waals surface area contributed by atoms with E-state index in [1.807, 2.05) is 13.8 Å². The van der Waals surface area contributed by atoms with Crippen molar-refractivity contribution in [3.8, 4) is 0 Å². The second-order valence-corrected chi connectivity index (χ2v) is 9.45. The summed E-state index contributed by atoms with van der Waals surface area (Å²) in [6.45, 7) is 8.30. The predicted octanol–water partition coefficient (Wildman–Crippen LogP) is 3.73. The van der Waals surface area contributed by atoms with Gasteiger partial charge in [-0.25, -0.2) is 8.42 Å². The van der Waals surface area contributed by atoms with Crippen LogP contribution in [0, 0.1) is 18.2 Å². The smallest absolute Gasteiger partial charge is 0.475 e. The van der Waals surface area contributed by atoms with E-state index in [0.717, 1.165) is 5.56 Å². The molecule has 0 aliphatic heterocycles. The lowest BCUT2D eigenvalue weighted by Crippen LogP contribution is -2.41. The lowest BCUT2D eigenvalue weighted by Gasteiger charge is -2.20. The topological polar surface area (TPSA) is 129 Å². The van der Waals surface area contributed by atoms with Crippen molar-refractivity contribution in [2.75, 3.05) is 18.9 Å². The molecule has 0 aliphatic rings.